The normalized spacial score (nSPS) is 10.9. The number of hydrogen-bond acceptors (Lipinski definition) is 6. The van der Waals surface area contributed by atoms with Crippen LogP contribution in [0.15, 0.2) is 46.2 Å². The van der Waals surface area contributed by atoms with Gasteiger partial charge >= 0.3 is 0 Å². The quantitative estimate of drug-likeness (QED) is 0.552. The number of nitrogens with two attached hydrogens (primary N) is 1. The smallest absolute Gasteiger partial charge is 0.210 e. The zero-order chi connectivity index (χ0) is 16.2. The minimum Gasteiger partial charge on any atom is -0.494 e. The number of para-hydroxylation sites is 1. The molecule has 0 aliphatic rings. The Hall–Kier alpha value is -2.41. The molecule has 0 fully saturated rings. The SMILES string of the molecule is CCOc1ccccc1CSc1nnc(-c2ccoc2C)n1N. The van der Waals surface area contributed by atoms with Gasteiger partial charge in [0.05, 0.1) is 18.4 Å². The number of furan rings is 1. The summed E-state index contributed by atoms with van der Waals surface area (Å²) in [6.07, 6.45) is 1.62. The number of hydrogen-bond donors (Lipinski definition) is 1. The summed E-state index contributed by atoms with van der Waals surface area (Å²) < 4.78 is 12.4. The molecule has 2 N–H and O–H groups in total. The minimum atomic E-state index is 0.594. The molecule has 0 aliphatic carbocycles. The van der Waals surface area contributed by atoms with Crippen LogP contribution in [0.1, 0.15) is 18.2 Å². The van der Waals surface area contributed by atoms with Gasteiger partial charge in [-0.05, 0) is 26.0 Å². The summed E-state index contributed by atoms with van der Waals surface area (Å²) >= 11 is 1.52. The van der Waals surface area contributed by atoms with Crippen molar-refractivity contribution in [3.63, 3.8) is 0 Å². The van der Waals surface area contributed by atoms with Crippen LogP contribution < -0.4 is 10.6 Å². The Bertz CT molecular complexity index is 797. The molecule has 2 heterocycles. The molecule has 0 bridgehead atoms. The van der Waals surface area contributed by atoms with Gasteiger partial charge in [-0.25, -0.2) is 4.68 Å². The number of rotatable bonds is 6. The van der Waals surface area contributed by atoms with Crippen molar-refractivity contribution in [2.24, 2.45) is 0 Å². The molecule has 0 saturated carbocycles. The Morgan fingerprint density at radius 1 is 1.26 bits per heavy atom. The molecule has 0 atom stereocenters. The van der Waals surface area contributed by atoms with Crippen molar-refractivity contribution in [3.05, 3.63) is 47.9 Å². The number of nitrogen functional groups attached to an aromatic ring is 1. The summed E-state index contributed by atoms with van der Waals surface area (Å²) in [5.41, 5.74) is 1.95. The molecule has 120 valence electrons. The highest BCUT2D eigenvalue weighted by Crippen LogP contribution is 2.29. The second-order valence-electron chi connectivity index (χ2n) is 4.90. The Balaban J connectivity index is 1.78. The van der Waals surface area contributed by atoms with Gasteiger partial charge in [-0.3, -0.25) is 0 Å². The van der Waals surface area contributed by atoms with Crippen molar-refractivity contribution < 1.29 is 9.15 Å². The minimum absolute atomic E-state index is 0.594. The summed E-state index contributed by atoms with van der Waals surface area (Å²) in [5.74, 6) is 9.07. The van der Waals surface area contributed by atoms with E-state index in [-0.39, 0.29) is 0 Å². The van der Waals surface area contributed by atoms with Gasteiger partial charge < -0.3 is 15.0 Å². The molecule has 7 heteroatoms. The van der Waals surface area contributed by atoms with Crippen LogP contribution in [0.2, 0.25) is 0 Å². The molecular weight excluding hydrogens is 312 g/mol. The Morgan fingerprint density at radius 2 is 2.09 bits per heavy atom. The third kappa shape index (κ3) is 3.19. The van der Waals surface area contributed by atoms with Crippen molar-refractivity contribution in [3.8, 4) is 17.1 Å². The van der Waals surface area contributed by atoms with Gasteiger partial charge in [-0.2, -0.15) is 0 Å². The third-order valence-corrected chi connectivity index (χ3v) is 4.39. The van der Waals surface area contributed by atoms with E-state index in [0.29, 0.717) is 23.3 Å². The van der Waals surface area contributed by atoms with Crippen LogP contribution >= 0.6 is 11.8 Å². The molecule has 0 aliphatic heterocycles. The van der Waals surface area contributed by atoms with Crippen LogP contribution in [0.25, 0.3) is 11.4 Å². The van der Waals surface area contributed by atoms with Gasteiger partial charge in [-0.1, -0.05) is 30.0 Å². The average Bonchev–Trinajstić information content (AvgIpc) is 3.12. The Kier molecular flexibility index (Phi) is 4.57. The van der Waals surface area contributed by atoms with Gasteiger partial charge in [-0.15, -0.1) is 10.2 Å². The van der Waals surface area contributed by atoms with E-state index in [9.17, 15) is 0 Å². The molecule has 3 rings (SSSR count). The summed E-state index contributed by atoms with van der Waals surface area (Å²) in [7, 11) is 0. The first-order valence-corrected chi connectivity index (χ1v) is 8.27. The van der Waals surface area contributed by atoms with E-state index in [1.54, 1.807) is 6.26 Å². The first-order chi connectivity index (χ1) is 11.2. The topological polar surface area (TPSA) is 79.1 Å². The molecule has 1 aromatic carbocycles. The number of ether oxygens (including phenoxy) is 1. The lowest BCUT2D eigenvalue weighted by molar-refractivity contribution is 0.337. The number of nitrogens with zero attached hydrogens (tertiary/aromatic N) is 3. The van der Waals surface area contributed by atoms with Crippen molar-refractivity contribution in [1.82, 2.24) is 14.9 Å². The Morgan fingerprint density at radius 3 is 2.83 bits per heavy atom. The maximum atomic E-state index is 6.12. The van der Waals surface area contributed by atoms with Crippen LogP contribution in [-0.2, 0) is 5.75 Å². The van der Waals surface area contributed by atoms with E-state index in [1.165, 1.54) is 16.4 Å². The molecule has 0 radical (unpaired) electrons. The second kappa shape index (κ2) is 6.78. The van der Waals surface area contributed by atoms with Crippen LogP contribution in [0, 0.1) is 6.92 Å². The largest absolute Gasteiger partial charge is 0.494 e. The monoisotopic (exact) mass is 330 g/mol. The van der Waals surface area contributed by atoms with Crippen molar-refractivity contribution in [2.45, 2.75) is 24.8 Å². The average molecular weight is 330 g/mol. The predicted octanol–water partition coefficient (Wildman–Crippen LogP) is 3.25. The van der Waals surface area contributed by atoms with Gasteiger partial charge in [0, 0.05) is 11.3 Å². The van der Waals surface area contributed by atoms with Crippen molar-refractivity contribution >= 4 is 11.8 Å². The second-order valence-corrected chi connectivity index (χ2v) is 5.84. The summed E-state index contributed by atoms with van der Waals surface area (Å²) in [6.45, 7) is 4.48. The lowest BCUT2D eigenvalue weighted by Crippen LogP contribution is -2.11. The fourth-order valence-electron chi connectivity index (χ4n) is 2.24. The van der Waals surface area contributed by atoms with Gasteiger partial charge in [0.15, 0.2) is 5.82 Å². The van der Waals surface area contributed by atoms with Gasteiger partial charge in [0.1, 0.15) is 11.5 Å². The lowest BCUT2D eigenvalue weighted by atomic mass is 10.2. The Labute approximate surface area is 138 Å². The van der Waals surface area contributed by atoms with E-state index in [2.05, 4.69) is 10.2 Å². The summed E-state index contributed by atoms with van der Waals surface area (Å²) in [4.78, 5) is 0. The highest BCUT2D eigenvalue weighted by atomic mass is 32.2. The maximum absolute atomic E-state index is 6.12. The predicted molar refractivity (Wildman–Crippen MR) is 89.8 cm³/mol. The number of aromatic nitrogens is 3. The lowest BCUT2D eigenvalue weighted by Gasteiger charge is -2.09. The van der Waals surface area contributed by atoms with E-state index in [0.717, 1.165) is 22.6 Å². The maximum Gasteiger partial charge on any atom is 0.210 e. The fraction of sp³-hybridized carbons (Fsp3) is 0.250. The fourth-order valence-corrected chi connectivity index (χ4v) is 3.08. The molecule has 23 heavy (non-hydrogen) atoms. The van der Waals surface area contributed by atoms with E-state index >= 15 is 0 Å². The highest BCUT2D eigenvalue weighted by molar-refractivity contribution is 7.98. The molecule has 0 saturated heterocycles. The molecule has 0 spiro atoms. The summed E-state index contributed by atoms with van der Waals surface area (Å²) in [5, 5.41) is 8.98. The zero-order valence-corrected chi connectivity index (χ0v) is 13.8. The van der Waals surface area contributed by atoms with Crippen molar-refractivity contribution in [1.29, 1.82) is 0 Å². The van der Waals surface area contributed by atoms with E-state index in [4.69, 9.17) is 15.0 Å². The first kappa shape index (κ1) is 15.5. The van der Waals surface area contributed by atoms with Crippen LogP contribution in [0.4, 0.5) is 0 Å². The number of aryl methyl sites for hydroxylation is 1. The number of thioether (sulfide) groups is 1. The molecule has 6 nitrogen and oxygen atoms in total. The van der Waals surface area contributed by atoms with Crippen LogP contribution in [0.5, 0.6) is 5.75 Å². The summed E-state index contributed by atoms with van der Waals surface area (Å²) in [6, 6.07) is 9.79. The zero-order valence-electron chi connectivity index (χ0n) is 13.0. The van der Waals surface area contributed by atoms with E-state index in [1.807, 2.05) is 44.2 Å². The number of benzene rings is 1. The molecule has 0 amide bonds. The molecule has 2 aromatic heterocycles. The third-order valence-electron chi connectivity index (χ3n) is 3.39. The van der Waals surface area contributed by atoms with Crippen molar-refractivity contribution in [2.75, 3.05) is 12.4 Å². The molecule has 0 unspecified atom stereocenters. The van der Waals surface area contributed by atoms with E-state index < -0.39 is 0 Å². The molecule has 3 aromatic rings. The standard InChI is InChI=1S/C16H18N4O2S/c1-3-21-14-7-5-4-6-12(14)10-23-16-19-18-15(20(16)17)13-8-9-22-11(13)2/h4-9H,3,10,17H2,1-2H3. The van der Waals surface area contributed by atoms with Crippen LogP contribution in [-0.4, -0.2) is 21.5 Å². The first-order valence-electron chi connectivity index (χ1n) is 7.29. The van der Waals surface area contributed by atoms with Gasteiger partial charge in [0.2, 0.25) is 5.16 Å². The molecular formula is C16H18N4O2S. The van der Waals surface area contributed by atoms with Crippen LogP contribution in [0.3, 0.4) is 0 Å². The van der Waals surface area contributed by atoms with Gasteiger partial charge in [0.25, 0.3) is 0 Å². The highest BCUT2D eigenvalue weighted by Gasteiger charge is 2.16.